The molecule has 0 radical (unpaired) electrons. The van der Waals surface area contributed by atoms with Crippen molar-refractivity contribution in [3.05, 3.63) is 18.0 Å². The number of hydrogen-bond acceptors (Lipinski definition) is 4. The minimum absolute atomic E-state index is 0.0249. The van der Waals surface area contributed by atoms with E-state index in [0.717, 1.165) is 0 Å². The second-order valence-corrected chi connectivity index (χ2v) is 6.06. The smallest absolute Gasteiger partial charge is 0.267 e. The SMILES string of the molecule is CNC(=O)c1cc(S(=O)(=O)NCC(C)NC)cn1C. The van der Waals surface area contributed by atoms with Crippen LogP contribution in [0.1, 0.15) is 17.4 Å². The molecule has 0 aliphatic rings. The Kier molecular flexibility index (Phi) is 5.10. The molecule has 8 heteroatoms. The van der Waals surface area contributed by atoms with Crippen LogP contribution in [0.25, 0.3) is 0 Å². The van der Waals surface area contributed by atoms with E-state index in [0.29, 0.717) is 5.69 Å². The van der Waals surface area contributed by atoms with Gasteiger partial charge in [0.2, 0.25) is 10.0 Å². The minimum atomic E-state index is -3.60. The molecule has 0 aliphatic heterocycles. The lowest BCUT2D eigenvalue weighted by Gasteiger charge is -2.10. The van der Waals surface area contributed by atoms with Crippen molar-refractivity contribution in [1.29, 1.82) is 0 Å². The van der Waals surface area contributed by atoms with Crippen LogP contribution in [0.3, 0.4) is 0 Å². The van der Waals surface area contributed by atoms with Crippen LogP contribution in [-0.4, -0.2) is 45.6 Å². The number of likely N-dealkylation sites (N-methyl/N-ethyl adjacent to an activating group) is 1. The average Bonchev–Trinajstić information content (AvgIpc) is 2.78. The molecule has 0 aromatic carbocycles. The van der Waals surface area contributed by atoms with Crippen LogP contribution in [0, 0.1) is 0 Å². The Balaban J connectivity index is 2.93. The van der Waals surface area contributed by atoms with E-state index in [1.54, 1.807) is 14.1 Å². The third-order valence-electron chi connectivity index (χ3n) is 2.82. The first-order chi connectivity index (χ1) is 8.81. The molecule has 1 unspecified atom stereocenters. The van der Waals surface area contributed by atoms with Gasteiger partial charge in [0, 0.05) is 32.9 Å². The number of aromatic nitrogens is 1. The number of hydrogen-bond donors (Lipinski definition) is 3. The first-order valence-electron chi connectivity index (χ1n) is 5.87. The van der Waals surface area contributed by atoms with E-state index >= 15 is 0 Å². The molecule has 1 amide bonds. The summed E-state index contributed by atoms with van der Waals surface area (Å²) >= 11 is 0. The Morgan fingerprint density at radius 1 is 1.42 bits per heavy atom. The summed E-state index contributed by atoms with van der Waals surface area (Å²) in [5.74, 6) is -0.326. The summed E-state index contributed by atoms with van der Waals surface area (Å²) in [6, 6.07) is 1.38. The number of aryl methyl sites for hydroxylation is 1. The quantitative estimate of drug-likeness (QED) is 0.643. The van der Waals surface area contributed by atoms with Gasteiger partial charge < -0.3 is 15.2 Å². The maximum Gasteiger partial charge on any atom is 0.267 e. The summed E-state index contributed by atoms with van der Waals surface area (Å²) in [5, 5.41) is 5.40. The molecule has 0 saturated carbocycles. The van der Waals surface area contributed by atoms with Crippen LogP contribution in [0.4, 0.5) is 0 Å². The number of sulfonamides is 1. The molecule has 1 aromatic rings. The molecule has 0 bridgehead atoms. The van der Waals surface area contributed by atoms with Gasteiger partial charge in [-0.25, -0.2) is 13.1 Å². The van der Waals surface area contributed by atoms with Crippen molar-refractivity contribution in [3.63, 3.8) is 0 Å². The summed E-state index contributed by atoms with van der Waals surface area (Å²) in [5.41, 5.74) is 0.296. The highest BCUT2D eigenvalue weighted by Gasteiger charge is 2.20. The number of carbonyl (C=O) groups is 1. The molecular formula is C11H20N4O3S. The molecule has 0 spiro atoms. The van der Waals surface area contributed by atoms with Crippen LogP contribution in [0.2, 0.25) is 0 Å². The molecule has 19 heavy (non-hydrogen) atoms. The highest BCUT2D eigenvalue weighted by molar-refractivity contribution is 7.89. The molecule has 0 fully saturated rings. The van der Waals surface area contributed by atoms with E-state index in [2.05, 4.69) is 15.4 Å². The number of nitrogens with zero attached hydrogens (tertiary/aromatic N) is 1. The molecular weight excluding hydrogens is 268 g/mol. The van der Waals surface area contributed by atoms with Gasteiger partial charge in [-0.05, 0) is 20.0 Å². The lowest BCUT2D eigenvalue weighted by Crippen LogP contribution is -2.37. The van der Waals surface area contributed by atoms with E-state index in [4.69, 9.17) is 0 Å². The fourth-order valence-electron chi connectivity index (χ4n) is 1.46. The fraction of sp³-hybridized carbons (Fsp3) is 0.545. The monoisotopic (exact) mass is 288 g/mol. The number of nitrogens with one attached hydrogen (secondary N) is 3. The molecule has 108 valence electrons. The van der Waals surface area contributed by atoms with Crippen LogP contribution in [0.5, 0.6) is 0 Å². The highest BCUT2D eigenvalue weighted by atomic mass is 32.2. The van der Waals surface area contributed by atoms with Crippen molar-refractivity contribution in [2.75, 3.05) is 20.6 Å². The van der Waals surface area contributed by atoms with Crippen molar-refractivity contribution in [1.82, 2.24) is 19.9 Å². The van der Waals surface area contributed by atoms with Gasteiger partial charge in [-0.2, -0.15) is 0 Å². The van der Waals surface area contributed by atoms with Crippen molar-refractivity contribution >= 4 is 15.9 Å². The van der Waals surface area contributed by atoms with Crippen LogP contribution >= 0.6 is 0 Å². The molecule has 0 saturated heterocycles. The summed E-state index contributed by atoms with van der Waals surface area (Å²) in [4.78, 5) is 11.6. The van der Waals surface area contributed by atoms with E-state index in [-0.39, 0.29) is 23.4 Å². The van der Waals surface area contributed by atoms with Crippen LogP contribution < -0.4 is 15.4 Å². The molecule has 1 atom stereocenters. The maximum absolute atomic E-state index is 12.0. The Labute approximate surface area is 113 Å². The molecule has 3 N–H and O–H groups in total. The first kappa shape index (κ1) is 15.7. The van der Waals surface area contributed by atoms with Gasteiger partial charge in [-0.3, -0.25) is 4.79 Å². The Hall–Kier alpha value is -1.38. The van der Waals surface area contributed by atoms with Crippen molar-refractivity contribution in [2.24, 2.45) is 7.05 Å². The number of carbonyl (C=O) groups excluding carboxylic acids is 1. The van der Waals surface area contributed by atoms with Gasteiger partial charge in [0.25, 0.3) is 5.91 Å². The van der Waals surface area contributed by atoms with Crippen molar-refractivity contribution < 1.29 is 13.2 Å². The predicted octanol–water partition coefficient (Wildman–Crippen LogP) is -0.729. The lowest BCUT2D eigenvalue weighted by atomic mass is 10.4. The van der Waals surface area contributed by atoms with E-state index in [9.17, 15) is 13.2 Å². The van der Waals surface area contributed by atoms with E-state index < -0.39 is 10.0 Å². The van der Waals surface area contributed by atoms with Gasteiger partial charge in [0.1, 0.15) is 10.6 Å². The topological polar surface area (TPSA) is 92.2 Å². The second-order valence-electron chi connectivity index (χ2n) is 4.29. The van der Waals surface area contributed by atoms with Gasteiger partial charge in [-0.15, -0.1) is 0 Å². The maximum atomic E-state index is 12.0. The molecule has 1 heterocycles. The second kappa shape index (κ2) is 6.18. The fourth-order valence-corrected chi connectivity index (χ4v) is 2.65. The molecule has 0 aliphatic carbocycles. The number of amides is 1. The largest absolute Gasteiger partial charge is 0.354 e. The normalized spacial score (nSPS) is 13.3. The lowest BCUT2D eigenvalue weighted by molar-refractivity contribution is 0.0955. The van der Waals surface area contributed by atoms with Gasteiger partial charge in [-0.1, -0.05) is 0 Å². The minimum Gasteiger partial charge on any atom is -0.354 e. The van der Waals surface area contributed by atoms with E-state index in [1.807, 2.05) is 6.92 Å². The number of rotatable bonds is 6. The first-order valence-corrected chi connectivity index (χ1v) is 7.35. The zero-order chi connectivity index (χ0) is 14.6. The third kappa shape index (κ3) is 3.79. The van der Waals surface area contributed by atoms with Crippen LogP contribution in [0.15, 0.2) is 17.2 Å². The zero-order valence-electron chi connectivity index (χ0n) is 11.5. The predicted molar refractivity (Wildman–Crippen MR) is 72.5 cm³/mol. The standard InChI is InChI=1S/C11H20N4O3S/c1-8(12-2)6-14-19(17,18)9-5-10(11(16)13-3)15(4)7-9/h5,7-8,12,14H,6H2,1-4H3,(H,13,16). The summed E-state index contributed by atoms with van der Waals surface area (Å²) in [6.07, 6.45) is 1.41. The van der Waals surface area contributed by atoms with E-state index in [1.165, 1.54) is 23.9 Å². The average molecular weight is 288 g/mol. The zero-order valence-corrected chi connectivity index (χ0v) is 12.3. The summed E-state index contributed by atoms with van der Waals surface area (Å²) < 4.78 is 28.1. The van der Waals surface area contributed by atoms with Crippen molar-refractivity contribution in [2.45, 2.75) is 17.9 Å². The van der Waals surface area contributed by atoms with Crippen molar-refractivity contribution in [3.8, 4) is 0 Å². The summed E-state index contributed by atoms with van der Waals surface area (Å²) in [6.45, 7) is 2.15. The van der Waals surface area contributed by atoms with Gasteiger partial charge >= 0.3 is 0 Å². The Morgan fingerprint density at radius 2 is 2.05 bits per heavy atom. The molecule has 7 nitrogen and oxygen atoms in total. The van der Waals surface area contributed by atoms with Gasteiger partial charge in [0.05, 0.1) is 0 Å². The molecule has 1 rings (SSSR count). The van der Waals surface area contributed by atoms with Gasteiger partial charge in [0.15, 0.2) is 0 Å². The Morgan fingerprint density at radius 3 is 2.58 bits per heavy atom. The summed E-state index contributed by atoms with van der Waals surface area (Å²) in [7, 11) is 1.28. The Bertz CT molecular complexity index is 550. The van der Waals surface area contributed by atoms with Crippen LogP contribution in [-0.2, 0) is 17.1 Å². The highest BCUT2D eigenvalue weighted by Crippen LogP contribution is 2.13. The third-order valence-corrected chi connectivity index (χ3v) is 4.21. The molecule has 1 aromatic heterocycles.